The first kappa shape index (κ1) is 26.7. The van der Waals surface area contributed by atoms with E-state index in [1.54, 1.807) is 33.8 Å². The topological polar surface area (TPSA) is 92.7 Å². The molecule has 3 aromatic carbocycles. The fraction of sp³-hybridized carbons (Fsp3) is 0.219. The molecule has 0 unspecified atom stereocenters. The molecule has 0 saturated carbocycles. The van der Waals surface area contributed by atoms with Gasteiger partial charge in [0.15, 0.2) is 0 Å². The Labute approximate surface area is 233 Å². The fourth-order valence-electron chi connectivity index (χ4n) is 4.73. The summed E-state index contributed by atoms with van der Waals surface area (Å²) in [6.07, 6.45) is 0.110. The van der Waals surface area contributed by atoms with E-state index in [1.165, 1.54) is 5.56 Å². The quantitative estimate of drug-likeness (QED) is 0.308. The molecule has 1 aromatic heterocycles. The van der Waals surface area contributed by atoms with Crippen molar-refractivity contribution in [1.29, 1.82) is 0 Å². The molecular formula is C32H32N4O4. The van der Waals surface area contributed by atoms with E-state index in [0.29, 0.717) is 22.7 Å². The molecule has 40 heavy (non-hydrogen) atoms. The van der Waals surface area contributed by atoms with Crippen molar-refractivity contribution in [3.8, 4) is 11.5 Å². The highest BCUT2D eigenvalue weighted by molar-refractivity contribution is 6.05. The summed E-state index contributed by atoms with van der Waals surface area (Å²) in [4.78, 5) is 40.3. The zero-order valence-electron chi connectivity index (χ0n) is 23.0. The normalized spacial score (nSPS) is 14.8. The fourth-order valence-corrected chi connectivity index (χ4v) is 4.73. The van der Waals surface area contributed by atoms with Crippen molar-refractivity contribution in [2.75, 3.05) is 22.2 Å². The Balaban J connectivity index is 1.20. The summed E-state index contributed by atoms with van der Waals surface area (Å²) in [5, 5.41) is 2.87. The van der Waals surface area contributed by atoms with E-state index in [-0.39, 0.29) is 30.7 Å². The van der Waals surface area contributed by atoms with Crippen LogP contribution >= 0.6 is 0 Å². The first-order valence-corrected chi connectivity index (χ1v) is 13.2. The maximum atomic E-state index is 13.1. The lowest BCUT2D eigenvalue weighted by Gasteiger charge is -2.17. The van der Waals surface area contributed by atoms with Gasteiger partial charge in [-0.3, -0.25) is 24.5 Å². The largest absolute Gasteiger partial charge is 0.457 e. The van der Waals surface area contributed by atoms with Gasteiger partial charge in [0, 0.05) is 41.3 Å². The van der Waals surface area contributed by atoms with Crippen molar-refractivity contribution in [1.82, 2.24) is 4.68 Å². The molecule has 4 aromatic rings. The minimum atomic E-state index is -0.512. The summed E-state index contributed by atoms with van der Waals surface area (Å²) in [5.74, 6) is 0.237. The lowest BCUT2D eigenvalue weighted by molar-refractivity contribution is -0.122. The van der Waals surface area contributed by atoms with Gasteiger partial charge in [0.25, 0.3) is 5.91 Å². The van der Waals surface area contributed by atoms with Crippen molar-refractivity contribution in [3.05, 3.63) is 107 Å². The number of ether oxygens (including phenoxy) is 1. The van der Waals surface area contributed by atoms with Crippen molar-refractivity contribution < 1.29 is 19.1 Å². The summed E-state index contributed by atoms with van der Waals surface area (Å²) >= 11 is 0. The van der Waals surface area contributed by atoms with Gasteiger partial charge in [-0.25, -0.2) is 0 Å². The van der Waals surface area contributed by atoms with Crippen molar-refractivity contribution in [2.24, 2.45) is 5.92 Å². The average Bonchev–Trinajstić information content (AvgIpc) is 3.48. The smallest absolute Gasteiger partial charge is 0.270 e. The van der Waals surface area contributed by atoms with E-state index < -0.39 is 5.92 Å². The Morgan fingerprint density at radius 1 is 0.825 bits per heavy atom. The number of nitrogens with zero attached hydrogens (tertiary/aromatic N) is 2. The van der Waals surface area contributed by atoms with Gasteiger partial charge in [-0.05, 0) is 106 Å². The molecular weight excluding hydrogens is 504 g/mol. The van der Waals surface area contributed by atoms with Crippen LogP contribution in [0.2, 0.25) is 0 Å². The molecule has 1 fully saturated rings. The third kappa shape index (κ3) is 5.76. The van der Waals surface area contributed by atoms with E-state index >= 15 is 0 Å². The van der Waals surface area contributed by atoms with Gasteiger partial charge >= 0.3 is 0 Å². The molecule has 1 aliphatic rings. The number of nitrogens with one attached hydrogen (secondary N) is 2. The maximum absolute atomic E-state index is 13.1. The third-order valence-electron chi connectivity index (χ3n) is 7.24. The van der Waals surface area contributed by atoms with Gasteiger partial charge in [0.05, 0.1) is 5.92 Å². The molecule has 0 spiro atoms. The number of rotatable bonds is 7. The van der Waals surface area contributed by atoms with Crippen LogP contribution in [0.15, 0.2) is 78.9 Å². The molecule has 2 N–H and O–H groups in total. The van der Waals surface area contributed by atoms with Gasteiger partial charge in [-0.15, -0.1) is 0 Å². The summed E-state index contributed by atoms with van der Waals surface area (Å²) in [6, 6.07) is 23.8. The van der Waals surface area contributed by atoms with Crippen LogP contribution in [0.5, 0.6) is 11.5 Å². The van der Waals surface area contributed by atoms with E-state index in [2.05, 4.69) is 17.7 Å². The van der Waals surface area contributed by atoms with Crippen LogP contribution in [-0.4, -0.2) is 28.9 Å². The summed E-state index contributed by atoms with van der Waals surface area (Å²) < 4.78 is 7.67. The molecule has 1 saturated heterocycles. The second-order valence-electron chi connectivity index (χ2n) is 10.2. The summed E-state index contributed by atoms with van der Waals surface area (Å²) in [6.45, 7) is 8.18. The summed E-state index contributed by atoms with van der Waals surface area (Å²) in [5.41, 5.74) is 8.66. The van der Waals surface area contributed by atoms with Crippen LogP contribution < -0.4 is 20.4 Å². The monoisotopic (exact) mass is 536 g/mol. The molecule has 0 radical (unpaired) electrons. The Hall–Kier alpha value is -4.85. The van der Waals surface area contributed by atoms with Gasteiger partial charge in [0.1, 0.15) is 11.5 Å². The number of carbonyl (C=O) groups excluding carboxylic acids is 3. The van der Waals surface area contributed by atoms with E-state index in [0.717, 1.165) is 22.7 Å². The minimum Gasteiger partial charge on any atom is -0.457 e. The molecule has 204 valence electrons. The van der Waals surface area contributed by atoms with Crippen LogP contribution in [0, 0.1) is 33.6 Å². The minimum absolute atomic E-state index is 0.110. The molecule has 0 bridgehead atoms. The Morgan fingerprint density at radius 3 is 2.23 bits per heavy atom. The van der Waals surface area contributed by atoms with Gasteiger partial charge in [0.2, 0.25) is 11.8 Å². The number of anilines is 2. The number of benzene rings is 3. The average molecular weight is 537 g/mol. The van der Waals surface area contributed by atoms with Crippen molar-refractivity contribution in [2.45, 2.75) is 34.1 Å². The molecule has 3 amide bonds. The number of aryl methyl sites for hydroxylation is 4. The second-order valence-corrected chi connectivity index (χ2v) is 10.2. The van der Waals surface area contributed by atoms with Gasteiger partial charge in [-0.1, -0.05) is 12.1 Å². The second kappa shape index (κ2) is 11.1. The number of aromatic nitrogens is 1. The summed E-state index contributed by atoms with van der Waals surface area (Å²) in [7, 11) is 0. The third-order valence-corrected chi connectivity index (χ3v) is 7.24. The van der Waals surface area contributed by atoms with Crippen LogP contribution in [0.1, 0.15) is 39.3 Å². The maximum Gasteiger partial charge on any atom is 0.270 e. The zero-order chi connectivity index (χ0) is 28.4. The predicted octanol–water partition coefficient (Wildman–Crippen LogP) is 5.89. The van der Waals surface area contributed by atoms with Crippen molar-refractivity contribution >= 4 is 29.1 Å². The SMILES string of the molecule is Cc1ccc(Oc2ccc(N3C[C@@H](C(=O)Nc4cccc(C(=O)Nn5c(C)ccc5C)c4)CC3=O)cc2)cc1C. The standard InChI is InChI=1S/C32H32N4O4/c1-20-8-13-29(16-21(20)2)40-28-14-11-27(12-15-28)35-19-25(18-30(35)37)31(38)33-26-7-5-6-24(17-26)32(39)34-36-22(3)9-10-23(36)4/h5-17,25H,18-19H2,1-4H3,(H,33,38)(H,34,39)/t25-/m0/s1. The van der Waals surface area contributed by atoms with Crippen molar-refractivity contribution in [3.63, 3.8) is 0 Å². The Bertz CT molecular complexity index is 1570. The van der Waals surface area contributed by atoms with E-state index in [9.17, 15) is 14.4 Å². The van der Waals surface area contributed by atoms with Gasteiger partial charge in [-0.2, -0.15) is 0 Å². The molecule has 1 atom stereocenters. The van der Waals surface area contributed by atoms with Crippen LogP contribution in [0.4, 0.5) is 11.4 Å². The van der Waals surface area contributed by atoms with E-state index in [1.807, 2.05) is 75.4 Å². The lowest BCUT2D eigenvalue weighted by Crippen LogP contribution is -2.28. The van der Waals surface area contributed by atoms with E-state index in [4.69, 9.17) is 4.74 Å². The number of carbonyl (C=O) groups is 3. The molecule has 8 heteroatoms. The highest BCUT2D eigenvalue weighted by atomic mass is 16.5. The first-order chi connectivity index (χ1) is 19.2. The molecule has 5 rings (SSSR count). The Kier molecular flexibility index (Phi) is 7.42. The number of amides is 3. The first-order valence-electron chi connectivity index (χ1n) is 13.2. The molecule has 0 aliphatic carbocycles. The number of hydrogen-bond donors (Lipinski definition) is 2. The molecule has 1 aliphatic heterocycles. The van der Waals surface area contributed by atoms with Gasteiger partial charge < -0.3 is 15.0 Å². The highest BCUT2D eigenvalue weighted by Gasteiger charge is 2.35. The molecule has 8 nitrogen and oxygen atoms in total. The Morgan fingerprint density at radius 2 is 1.52 bits per heavy atom. The zero-order valence-corrected chi connectivity index (χ0v) is 23.0. The lowest BCUT2D eigenvalue weighted by atomic mass is 10.1. The highest BCUT2D eigenvalue weighted by Crippen LogP contribution is 2.30. The number of hydrogen-bond acceptors (Lipinski definition) is 4. The molecule has 2 heterocycles. The van der Waals surface area contributed by atoms with Crippen LogP contribution in [0.25, 0.3) is 0 Å². The van der Waals surface area contributed by atoms with Crippen LogP contribution in [0.3, 0.4) is 0 Å². The predicted molar refractivity (Wildman–Crippen MR) is 156 cm³/mol. The van der Waals surface area contributed by atoms with Crippen LogP contribution in [-0.2, 0) is 9.59 Å².